The average Bonchev–Trinajstić information content (AvgIpc) is 2.99. The molecule has 0 spiro atoms. The van der Waals surface area contributed by atoms with Crippen molar-refractivity contribution in [1.29, 1.82) is 0 Å². The van der Waals surface area contributed by atoms with Gasteiger partial charge in [-0.1, -0.05) is 84.4 Å². The molecule has 0 aromatic heterocycles. The van der Waals surface area contributed by atoms with Crippen molar-refractivity contribution in [2.45, 2.75) is 31.3 Å². The molecule has 4 N–H and O–H groups in total. The number of aliphatic hydroxyl groups is 2. The highest BCUT2D eigenvalue weighted by molar-refractivity contribution is 6.30. The Hall–Kier alpha value is -3.95. The summed E-state index contributed by atoms with van der Waals surface area (Å²) in [6.45, 7) is 0.853. The molecular weight excluding hydrogens is 558 g/mol. The second-order valence-electron chi connectivity index (χ2n) is 10.00. The zero-order chi connectivity index (χ0) is 30.1. The van der Waals surface area contributed by atoms with E-state index in [2.05, 4.69) is 5.32 Å². The molecule has 2 atom stereocenters. The smallest absolute Gasteiger partial charge is 0.336 e. The summed E-state index contributed by atoms with van der Waals surface area (Å²) >= 11 is 6.27. The van der Waals surface area contributed by atoms with Crippen LogP contribution in [-0.2, 0) is 19.1 Å². The molecule has 8 nitrogen and oxygen atoms in total. The van der Waals surface area contributed by atoms with E-state index in [0.29, 0.717) is 28.4 Å². The van der Waals surface area contributed by atoms with Gasteiger partial charge in [0.25, 0.3) is 0 Å². The van der Waals surface area contributed by atoms with E-state index in [1.54, 1.807) is 31.2 Å². The molecule has 4 rings (SSSR count). The summed E-state index contributed by atoms with van der Waals surface area (Å²) in [7, 11) is 0. The number of halogens is 1. The molecule has 0 fully saturated rings. The summed E-state index contributed by atoms with van der Waals surface area (Å²) in [4.78, 5) is 26.3. The van der Waals surface area contributed by atoms with Gasteiger partial charge in [-0.2, -0.15) is 0 Å². The Balaban J connectivity index is 1.65. The Labute approximate surface area is 249 Å². The Morgan fingerprint density at radius 3 is 2.17 bits per heavy atom. The van der Waals surface area contributed by atoms with Gasteiger partial charge in [-0.3, -0.25) is 0 Å². The van der Waals surface area contributed by atoms with E-state index in [0.717, 1.165) is 11.1 Å². The topological polar surface area (TPSA) is 125 Å². The first-order valence-corrected chi connectivity index (χ1v) is 14.0. The summed E-state index contributed by atoms with van der Waals surface area (Å²) in [5, 5.41) is 32.5. The lowest BCUT2D eigenvalue weighted by molar-refractivity contribution is -0.139. The van der Waals surface area contributed by atoms with Crippen LogP contribution in [0.1, 0.15) is 41.9 Å². The maximum atomic E-state index is 13.8. The molecule has 0 saturated heterocycles. The number of allylic oxidation sites excluding steroid dienone is 1. The summed E-state index contributed by atoms with van der Waals surface area (Å²) in [5.74, 6) is -2.91. The van der Waals surface area contributed by atoms with Crippen molar-refractivity contribution in [3.05, 3.63) is 129 Å². The van der Waals surface area contributed by atoms with Crippen molar-refractivity contribution < 1.29 is 34.4 Å². The van der Waals surface area contributed by atoms with Crippen LogP contribution in [0.25, 0.3) is 0 Å². The fraction of sp³-hybridized carbons (Fsp3) is 0.273. The zero-order valence-electron chi connectivity index (χ0n) is 23.2. The number of carboxylic acids is 1. The van der Waals surface area contributed by atoms with Crippen molar-refractivity contribution in [3.63, 3.8) is 0 Å². The number of hydrogen-bond donors (Lipinski definition) is 4. The first-order chi connectivity index (χ1) is 20.3. The van der Waals surface area contributed by atoms with Crippen LogP contribution < -0.4 is 5.32 Å². The minimum Gasteiger partial charge on any atom is -0.478 e. The predicted octanol–water partition coefficient (Wildman–Crippen LogP) is 4.77. The van der Waals surface area contributed by atoms with Crippen molar-refractivity contribution in [3.8, 4) is 0 Å². The van der Waals surface area contributed by atoms with Crippen LogP contribution in [0.2, 0.25) is 5.02 Å². The van der Waals surface area contributed by atoms with Crippen molar-refractivity contribution in [1.82, 2.24) is 5.32 Å². The standard InChI is InChI=1S/C33H34ClNO7/c1-21-29(32(38)39)30(24-13-8-14-25(34)17-24)31(28(35-21)20-41-19-26(37)18-36)33(40)42-16-15-27(22-9-4-2-5-10-22)23-11-6-3-7-12-23/h2-14,17,26-27,30,35-37H,15-16,18-20H2,1H3,(H,38,39). The van der Waals surface area contributed by atoms with Crippen LogP contribution in [0, 0.1) is 0 Å². The molecule has 0 radical (unpaired) electrons. The number of aliphatic carboxylic acids is 1. The Morgan fingerprint density at radius 1 is 0.952 bits per heavy atom. The van der Waals surface area contributed by atoms with Gasteiger partial charge in [0.15, 0.2) is 0 Å². The van der Waals surface area contributed by atoms with Crippen LogP contribution in [0.3, 0.4) is 0 Å². The average molecular weight is 592 g/mol. The molecule has 220 valence electrons. The van der Waals surface area contributed by atoms with E-state index in [-0.39, 0.29) is 36.9 Å². The first-order valence-electron chi connectivity index (χ1n) is 13.6. The number of dihydropyridines is 1. The molecule has 3 aromatic rings. The number of esters is 1. The molecule has 0 saturated carbocycles. The van der Waals surface area contributed by atoms with E-state index in [9.17, 15) is 19.8 Å². The molecular formula is C33H34ClNO7. The van der Waals surface area contributed by atoms with E-state index in [4.69, 9.17) is 26.2 Å². The van der Waals surface area contributed by atoms with Gasteiger partial charge in [-0.25, -0.2) is 9.59 Å². The number of carbonyl (C=O) groups excluding carboxylic acids is 1. The van der Waals surface area contributed by atoms with Crippen LogP contribution in [0.15, 0.2) is 107 Å². The molecule has 1 aliphatic heterocycles. The molecule has 0 bridgehead atoms. The number of nitrogens with one attached hydrogen (secondary N) is 1. The highest BCUT2D eigenvalue weighted by Crippen LogP contribution is 2.40. The minimum atomic E-state index is -1.20. The van der Waals surface area contributed by atoms with Crippen molar-refractivity contribution >= 4 is 23.5 Å². The van der Waals surface area contributed by atoms with Crippen molar-refractivity contribution in [2.24, 2.45) is 0 Å². The first kappa shape index (κ1) is 31.0. The SMILES string of the molecule is CC1=C(C(=O)O)C(c2cccc(Cl)c2)C(C(=O)OCCC(c2ccccc2)c2ccccc2)=C(COCC(O)CO)N1. The highest BCUT2D eigenvalue weighted by atomic mass is 35.5. The number of carboxylic acid groups (broad SMARTS) is 1. The third-order valence-corrected chi connectivity index (χ3v) is 7.32. The second-order valence-corrected chi connectivity index (χ2v) is 10.4. The van der Waals surface area contributed by atoms with Gasteiger partial charge in [0.1, 0.15) is 6.10 Å². The summed E-state index contributed by atoms with van der Waals surface area (Å²) in [6, 6.07) is 26.6. The van der Waals surface area contributed by atoms with Gasteiger partial charge < -0.3 is 30.1 Å². The van der Waals surface area contributed by atoms with E-state index < -0.39 is 30.6 Å². The Bertz CT molecular complexity index is 1400. The molecule has 42 heavy (non-hydrogen) atoms. The lowest BCUT2D eigenvalue weighted by Gasteiger charge is -2.31. The molecule has 2 unspecified atom stereocenters. The van der Waals surface area contributed by atoms with Gasteiger partial charge in [-0.15, -0.1) is 0 Å². The monoisotopic (exact) mass is 591 g/mol. The quantitative estimate of drug-likeness (QED) is 0.209. The maximum absolute atomic E-state index is 13.8. The fourth-order valence-electron chi connectivity index (χ4n) is 5.15. The number of benzene rings is 3. The lowest BCUT2D eigenvalue weighted by atomic mass is 9.80. The summed E-state index contributed by atoms with van der Waals surface area (Å²) in [5.41, 5.74) is 3.37. The number of hydrogen-bond acceptors (Lipinski definition) is 7. The van der Waals surface area contributed by atoms with Gasteiger partial charge in [0.05, 0.1) is 49.2 Å². The molecule has 1 aliphatic rings. The third kappa shape index (κ3) is 7.66. The maximum Gasteiger partial charge on any atom is 0.336 e. The molecule has 1 heterocycles. The fourth-order valence-corrected chi connectivity index (χ4v) is 5.35. The summed E-state index contributed by atoms with van der Waals surface area (Å²) < 4.78 is 11.4. The lowest BCUT2D eigenvalue weighted by Crippen LogP contribution is -2.35. The van der Waals surface area contributed by atoms with Gasteiger partial charge >= 0.3 is 11.9 Å². The number of aliphatic hydroxyl groups excluding tert-OH is 2. The van der Waals surface area contributed by atoms with Crippen molar-refractivity contribution in [2.75, 3.05) is 26.4 Å². The highest BCUT2D eigenvalue weighted by Gasteiger charge is 2.38. The molecule has 0 aliphatic carbocycles. The van der Waals surface area contributed by atoms with E-state index >= 15 is 0 Å². The Morgan fingerprint density at radius 2 is 1.60 bits per heavy atom. The van der Waals surface area contributed by atoms with E-state index in [1.165, 1.54) is 0 Å². The largest absolute Gasteiger partial charge is 0.478 e. The normalized spacial score (nSPS) is 15.9. The van der Waals surface area contributed by atoms with Gasteiger partial charge in [0.2, 0.25) is 0 Å². The number of rotatable bonds is 13. The molecule has 0 amide bonds. The van der Waals surface area contributed by atoms with Gasteiger partial charge in [-0.05, 0) is 42.2 Å². The van der Waals surface area contributed by atoms with Crippen LogP contribution in [0.4, 0.5) is 0 Å². The zero-order valence-corrected chi connectivity index (χ0v) is 24.0. The predicted molar refractivity (Wildman–Crippen MR) is 159 cm³/mol. The van der Waals surface area contributed by atoms with E-state index in [1.807, 2.05) is 60.7 Å². The summed E-state index contributed by atoms with van der Waals surface area (Å²) in [6.07, 6.45) is -0.607. The third-order valence-electron chi connectivity index (χ3n) is 7.09. The van der Waals surface area contributed by atoms with Crippen LogP contribution in [0.5, 0.6) is 0 Å². The van der Waals surface area contributed by atoms with Crippen LogP contribution in [-0.4, -0.2) is 59.8 Å². The Kier molecular flexibility index (Phi) is 10.9. The number of ether oxygens (including phenoxy) is 2. The minimum absolute atomic E-state index is 0.0187. The van der Waals surface area contributed by atoms with Crippen LogP contribution >= 0.6 is 11.6 Å². The number of carbonyl (C=O) groups is 2. The second kappa shape index (κ2) is 14.8. The molecule has 3 aromatic carbocycles. The van der Waals surface area contributed by atoms with Gasteiger partial charge in [0, 0.05) is 16.6 Å². The molecule has 9 heteroatoms.